The Balaban J connectivity index is -0.000000112. The number of methoxy groups -OCH3 is 1. The quantitative estimate of drug-likeness (QED) is 0.572. The lowest BCUT2D eigenvalue weighted by atomic mass is 10.4. The van der Waals surface area contributed by atoms with Crippen LogP contribution in [-0.4, -0.2) is 47.8 Å². The summed E-state index contributed by atoms with van der Waals surface area (Å²) in [5.41, 5.74) is 0.176. The van der Waals surface area contributed by atoms with Crippen molar-refractivity contribution in [3.8, 4) is 0 Å². The molecular weight excluding hydrogens is 320 g/mol. The van der Waals surface area contributed by atoms with Gasteiger partial charge in [0, 0.05) is 23.8 Å². The fourth-order valence-corrected chi connectivity index (χ4v) is 0.285. The smallest absolute Gasteiger partial charge is 0.330 e. The number of hydrogen-bond acceptors (Lipinski definition) is 6. The zero-order valence-electron chi connectivity index (χ0n) is 14.1. The molecule has 0 aromatic carbocycles. The average Bonchev–Trinajstić information content (AvgIpc) is 2.55. The van der Waals surface area contributed by atoms with Crippen LogP contribution in [0, 0.1) is 0 Å². The van der Waals surface area contributed by atoms with E-state index in [2.05, 4.69) is 35.8 Å². The van der Waals surface area contributed by atoms with Gasteiger partial charge in [-0.25, -0.2) is 19.2 Å². The molecule has 0 fully saturated rings. The van der Waals surface area contributed by atoms with Crippen LogP contribution >= 0.6 is 0 Å². The summed E-state index contributed by atoms with van der Waals surface area (Å²) in [6.07, 6.45) is 3.09. The fourth-order valence-electron chi connectivity index (χ4n) is 0.285. The first-order valence-electron chi connectivity index (χ1n) is 6.27. The first kappa shape index (κ1) is 28.9. The SMILES string of the molecule is C=C(C)C(=O)O.C=CC(=O)O.C=CC(=O)OC.C=CC(=O)OCC. The Hall–Kier alpha value is -3.16. The normalized spacial score (nSPS) is 7.12. The molecule has 0 aliphatic heterocycles. The van der Waals surface area contributed by atoms with Gasteiger partial charge in [0.25, 0.3) is 0 Å². The summed E-state index contributed by atoms with van der Waals surface area (Å²) in [7, 11) is 1.31. The minimum atomic E-state index is -0.981. The summed E-state index contributed by atoms with van der Waals surface area (Å²) in [5, 5.41) is 15.5. The molecule has 8 heteroatoms. The van der Waals surface area contributed by atoms with Gasteiger partial charge >= 0.3 is 23.9 Å². The number of ether oxygens (including phenoxy) is 2. The predicted molar refractivity (Wildman–Crippen MR) is 89.3 cm³/mol. The van der Waals surface area contributed by atoms with Crippen LogP contribution in [0.4, 0.5) is 0 Å². The van der Waals surface area contributed by atoms with Crippen molar-refractivity contribution in [1.82, 2.24) is 0 Å². The highest BCUT2D eigenvalue weighted by Crippen LogP contribution is 1.81. The number of hydrogen-bond donors (Lipinski definition) is 2. The van der Waals surface area contributed by atoms with E-state index in [-0.39, 0.29) is 11.5 Å². The van der Waals surface area contributed by atoms with Gasteiger partial charge in [0.05, 0.1) is 13.7 Å². The van der Waals surface area contributed by atoms with Gasteiger partial charge in [-0.05, 0) is 13.8 Å². The van der Waals surface area contributed by atoms with E-state index < -0.39 is 17.9 Å². The third-order valence-electron chi connectivity index (χ3n) is 1.36. The molecule has 0 aliphatic carbocycles. The molecule has 0 saturated carbocycles. The van der Waals surface area contributed by atoms with E-state index >= 15 is 0 Å². The van der Waals surface area contributed by atoms with Crippen molar-refractivity contribution in [2.45, 2.75) is 13.8 Å². The number of carbonyl (C=O) groups is 4. The van der Waals surface area contributed by atoms with Crippen LogP contribution in [0.15, 0.2) is 50.1 Å². The van der Waals surface area contributed by atoms with E-state index in [0.29, 0.717) is 6.61 Å². The third-order valence-corrected chi connectivity index (χ3v) is 1.36. The highest BCUT2D eigenvalue weighted by atomic mass is 16.5. The maximum absolute atomic E-state index is 10.1. The van der Waals surface area contributed by atoms with E-state index in [4.69, 9.17) is 10.2 Å². The van der Waals surface area contributed by atoms with Crippen molar-refractivity contribution in [3.05, 3.63) is 50.1 Å². The number of carboxylic acids is 2. The zero-order valence-corrected chi connectivity index (χ0v) is 14.1. The van der Waals surface area contributed by atoms with Gasteiger partial charge in [0.2, 0.25) is 0 Å². The maximum atomic E-state index is 10.1. The molecule has 0 saturated heterocycles. The standard InChI is InChI=1S/C5H8O2.2C4H6O2.C3H4O2/c1-3-5(6)7-4-2;1-3-4(5)6-2;1-3(2)4(5)6;1-2-3(4)5/h3H,1,4H2,2H3;3H,1H2,2H3;1H2,2H3,(H,5,6);2H,1H2,(H,4,5). The molecule has 0 aliphatic rings. The van der Waals surface area contributed by atoms with E-state index in [1.165, 1.54) is 14.0 Å². The van der Waals surface area contributed by atoms with Crippen LogP contribution in [0.1, 0.15) is 13.8 Å². The highest BCUT2D eigenvalue weighted by molar-refractivity contribution is 5.84. The molecule has 0 radical (unpaired) electrons. The van der Waals surface area contributed by atoms with Gasteiger partial charge < -0.3 is 19.7 Å². The summed E-state index contributed by atoms with van der Waals surface area (Å²) in [6.45, 7) is 16.1. The molecule has 0 bridgehead atoms. The summed E-state index contributed by atoms with van der Waals surface area (Å²) < 4.78 is 8.58. The third kappa shape index (κ3) is 42.8. The molecular formula is C16H24O8. The van der Waals surface area contributed by atoms with Crippen molar-refractivity contribution < 1.29 is 38.9 Å². The van der Waals surface area contributed by atoms with Crippen LogP contribution in [0.5, 0.6) is 0 Å². The summed E-state index contributed by atoms with van der Waals surface area (Å²) in [4.78, 5) is 38.8. The van der Waals surface area contributed by atoms with Crippen molar-refractivity contribution in [2.24, 2.45) is 0 Å². The predicted octanol–water partition coefficient (Wildman–Crippen LogP) is 1.98. The van der Waals surface area contributed by atoms with Crippen LogP contribution < -0.4 is 0 Å². The van der Waals surface area contributed by atoms with Crippen LogP contribution in [0.25, 0.3) is 0 Å². The average molecular weight is 344 g/mol. The molecule has 2 N–H and O–H groups in total. The molecule has 0 unspecified atom stereocenters. The second-order valence-electron chi connectivity index (χ2n) is 3.31. The number of esters is 2. The number of aliphatic carboxylic acids is 2. The molecule has 0 spiro atoms. The van der Waals surface area contributed by atoms with Crippen LogP contribution in [-0.2, 0) is 28.7 Å². The first-order chi connectivity index (χ1) is 11.0. The Labute approximate surface area is 141 Å². The molecule has 0 amide bonds. The lowest BCUT2D eigenvalue weighted by Crippen LogP contribution is -1.97. The molecule has 0 heterocycles. The molecule has 136 valence electrons. The van der Waals surface area contributed by atoms with Crippen molar-refractivity contribution in [3.63, 3.8) is 0 Å². The van der Waals surface area contributed by atoms with Crippen LogP contribution in [0.3, 0.4) is 0 Å². The Morgan fingerprint density at radius 2 is 1.29 bits per heavy atom. The van der Waals surface area contributed by atoms with Gasteiger partial charge in [-0.3, -0.25) is 0 Å². The Bertz CT molecular complexity index is 434. The number of carboxylic acid groups (broad SMARTS) is 2. The minimum absolute atomic E-state index is 0.176. The number of carbonyl (C=O) groups excluding carboxylic acids is 2. The molecule has 0 rings (SSSR count). The molecule has 24 heavy (non-hydrogen) atoms. The molecule has 8 nitrogen and oxygen atoms in total. The Morgan fingerprint density at radius 1 is 0.958 bits per heavy atom. The fraction of sp³-hybridized carbons (Fsp3) is 0.250. The largest absolute Gasteiger partial charge is 0.478 e. The molecule has 0 atom stereocenters. The zero-order chi connectivity index (χ0) is 20.1. The van der Waals surface area contributed by atoms with Crippen molar-refractivity contribution in [1.29, 1.82) is 0 Å². The number of rotatable bonds is 5. The first-order valence-corrected chi connectivity index (χ1v) is 6.27. The van der Waals surface area contributed by atoms with Gasteiger partial charge in [0.1, 0.15) is 0 Å². The molecule has 0 aromatic rings. The van der Waals surface area contributed by atoms with Crippen molar-refractivity contribution >= 4 is 23.9 Å². The van der Waals surface area contributed by atoms with Gasteiger partial charge in [0.15, 0.2) is 0 Å². The monoisotopic (exact) mass is 344 g/mol. The summed E-state index contributed by atoms with van der Waals surface area (Å²) in [6, 6.07) is 0. The lowest BCUT2D eigenvalue weighted by molar-refractivity contribution is -0.137. The molecule has 0 aromatic heterocycles. The van der Waals surface area contributed by atoms with E-state index in [9.17, 15) is 19.2 Å². The summed E-state index contributed by atoms with van der Waals surface area (Å²) in [5.74, 6) is -2.67. The van der Waals surface area contributed by atoms with E-state index in [1.54, 1.807) is 6.92 Å². The van der Waals surface area contributed by atoms with E-state index in [0.717, 1.165) is 18.2 Å². The van der Waals surface area contributed by atoms with Gasteiger partial charge in [-0.15, -0.1) is 0 Å². The topological polar surface area (TPSA) is 127 Å². The minimum Gasteiger partial charge on any atom is -0.478 e. The van der Waals surface area contributed by atoms with Crippen molar-refractivity contribution in [2.75, 3.05) is 13.7 Å². The Morgan fingerprint density at radius 3 is 1.33 bits per heavy atom. The lowest BCUT2D eigenvalue weighted by Gasteiger charge is -1.90. The second-order valence-corrected chi connectivity index (χ2v) is 3.31. The summed E-state index contributed by atoms with van der Waals surface area (Å²) >= 11 is 0. The maximum Gasteiger partial charge on any atom is 0.330 e. The second kappa shape index (κ2) is 22.1. The van der Waals surface area contributed by atoms with Gasteiger partial charge in [-0.1, -0.05) is 26.3 Å². The highest BCUT2D eigenvalue weighted by Gasteiger charge is 1.90. The Kier molecular flexibility index (Phi) is 26.7. The van der Waals surface area contributed by atoms with Gasteiger partial charge in [-0.2, -0.15) is 0 Å². The van der Waals surface area contributed by atoms with Crippen LogP contribution in [0.2, 0.25) is 0 Å². The van der Waals surface area contributed by atoms with E-state index in [1.807, 2.05) is 0 Å².